The third kappa shape index (κ3) is 5.33. The minimum absolute atomic E-state index is 0.0626. The number of aliphatic imine (C=N–C) groups is 1. The third-order valence-corrected chi connectivity index (χ3v) is 5.58. The van der Waals surface area contributed by atoms with E-state index in [1.165, 1.54) is 25.4 Å². The lowest BCUT2D eigenvalue weighted by Gasteiger charge is -2.20. The van der Waals surface area contributed by atoms with Crippen LogP contribution in [0.2, 0.25) is 0 Å². The summed E-state index contributed by atoms with van der Waals surface area (Å²) in [4.78, 5) is 21.4. The number of nitrogens with zero attached hydrogens (tertiary/aromatic N) is 5. The number of rotatable bonds is 7. The average Bonchev–Trinajstić information content (AvgIpc) is 2.84. The first-order chi connectivity index (χ1) is 17.1. The minimum Gasteiger partial charge on any atom is -0.377 e. The van der Waals surface area contributed by atoms with Crippen LogP contribution in [0.5, 0.6) is 0 Å². The van der Waals surface area contributed by atoms with Gasteiger partial charge in [-0.05, 0) is 42.0 Å². The van der Waals surface area contributed by atoms with E-state index in [4.69, 9.17) is 4.74 Å². The van der Waals surface area contributed by atoms with E-state index in [1.54, 1.807) is 13.1 Å². The first kappa shape index (κ1) is 25.2. The molecule has 4 aromatic rings. The molecular formula is C26H25F3N6O. The van der Waals surface area contributed by atoms with E-state index in [0.717, 1.165) is 17.3 Å². The molecule has 7 nitrogen and oxygen atoms in total. The number of methoxy groups -OCH3 is 1. The summed E-state index contributed by atoms with van der Waals surface area (Å²) < 4.78 is 45.8. The highest BCUT2D eigenvalue weighted by atomic mass is 19.4. The second kappa shape index (κ2) is 9.98. The molecular weight excluding hydrogens is 469 g/mol. The number of aromatic nitrogens is 4. The average molecular weight is 495 g/mol. The summed E-state index contributed by atoms with van der Waals surface area (Å²) in [5.74, 6) is 0.802. The minimum atomic E-state index is -4.57. The zero-order valence-corrected chi connectivity index (χ0v) is 20.3. The van der Waals surface area contributed by atoms with Gasteiger partial charge >= 0.3 is 6.18 Å². The number of hydrogen-bond acceptors (Lipinski definition) is 7. The van der Waals surface area contributed by atoms with Crippen LogP contribution < -0.4 is 5.32 Å². The van der Waals surface area contributed by atoms with Gasteiger partial charge in [0.1, 0.15) is 18.1 Å². The zero-order chi connectivity index (χ0) is 25.9. The van der Waals surface area contributed by atoms with Crippen LogP contribution >= 0.6 is 0 Å². The van der Waals surface area contributed by atoms with Gasteiger partial charge in [-0.15, -0.1) is 0 Å². The van der Waals surface area contributed by atoms with Gasteiger partial charge in [-0.1, -0.05) is 26.0 Å². The fourth-order valence-electron chi connectivity index (χ4n) is 3.83. The van der Waals surface area contributed by atoms with E-state index in [2.05, 4.69) is 44.1 Å². The predicted octanol–water partition coefficient (Wildman–Crippen LogP) is 5.97. The van der Waals surface area contributed by atoms with Crippen molar-refractivity contribution in [1.82, 2.24) is 19.9 Å². The van der Waals surface area contributed by atoms with Crippen molar-refractivity contribution in [3.63, 3.8) is 0 Å². The SMILES string of the molecule is CN=CC(C)(C)c1ccc(Nc2nc(COC)nc3nc(-c4ncccc4C(F)(F)F)ccc23)cc1. The molecule has 0 spiro atoms. The Balaban J connectivity index is 1.76. The lowest BCUT2D eigenvalue weighted by atomic mass is 9.86. The monoisotopic (exact) mass is 494 g/mol. The molecule has 0 saturated heterocycles. The Morgan fingerprint density at radius 2 is 1.75 bits per heavy atom. The maximum absolute atomic E-state index is 13.5. The van der Waals surface area contributed by atoms with E-state index in [9.17, 15) is 13.2 Å². The van der Waals surface area contributed by atoms with Crippen molar-refractivity contribution in [3.8, 4) is 11.4 Å². The molecule has 4 rings (SSSR count). The van der Waals surface area contributed by atoms with Crippen LogP contribution in [0.25, 0.3) is 22.4 Å². The van der Waals surface area contributed by atoms with Crippen molar-refractivity contribution >= 4 is 28.8 Å². The highest BCUT2D eigenvalue weighted by molar-refractivity contribution is 5.90. The molecule has 0 radical (unpaired) electrons. The number of fused-ring (bicyclic) bond motifs is 1. The molecule has 0 aliphatic rings. The van der Waals surface area contributed by atoms with E-state index in [0.29, 0.717) is 17.0 Å². The quantitative estimate of drug-likeness (QED) is 0.319. The van der Waals surface area contributed by atoms with Crippen molar-refractivity contribution in [3.05, 3.63) is 71.7 Å². The molecule has 1 aromatic carbocycles. The molecule has 0 aliphatic heterocycles. The van der Waals surface area contributed by atoms with Gasteiger partial charge in [-0.2, -0.15) is 13.2 Å². The second-order valence-corrected chi connectivity index (χ2v) is 8.70. The van der Waals surface area contributed by atoms with Crippen LogP contribution in [-0.4, -0.2) is 40.3 Å². The number of halogens is 3. The third-order valence-electron chi connectivity index (χ3n) is 5.58. The fraction of sp³-hybridized carbons (Fsp3) is 0.269. The smallest absolute Gasteiger partial charge is 0.377 e. The van der Waals surface area contributed by atoms with Crippen molar-refractivity contribution in [2.24, 2.45) is 4.99 Å². The molecule has 0 amide bonds. The van der Waals surface area contributed by atoms with Gasteiger partial charge in [0.25, 0.3) is 0 Å². The van der Waals surface area contributed by atoms with E-state index in [1.807, 2.05) is 30.5 Å². The summed E-state index contributed by atoms with van der Waals surface area (Å²) in [6.45, 7) is 4.26. The second-order valence-electron chi connectivity index (χ2n) is 8.70. The van der Waals surface area contributed by atoms with Crippen molar-refractivity contribution in [2.75, 3.05) is 19.5 Å². The molecule has 0 atom stereocenters. The summed E-state index contributed by atoms with van der Waals surface area (Å²) >= 11 is 0. The lowest BCUT2D eigenvalue weighted by molar-refractivity contribution is -0.137. The molecule has 3 aromatic heterocycles. The lowest BCUT2D eigenvalue weighted by Crippen LogP contribution is -2.18. The van der Waals surface area contributed by atoms with Gasteiger partial charge < -0.3 is 10.1 Å². The predicted molar refractivity (Wildman–Crippen MR) is 133 cm³/mol. The normalized spacial score (nSPS) is 12.4. The van der Waals surface area contributed by atoms with Crippen LogP contribution in [0.3, 0.4) is 0 Å². The summed E-state index contributed by atoms with van der Waals surface area (Å²) in [6.07, 6.45) is -1.37. The van der Waals surface area contributed by atoms with Crippen LogP contribution in [0.1, 0.15) is 30.8 Å². The summed E-state index contributed by atoms with van der Waals surface area (Å²) in [5.41, 5.74) is 0.814. The maximum atomic E-state index is 13.5. The number of nitrogens with one attached hydrogen (secondary N) is 1. The summed E-state index contributed by atoms with van der Waals surface area (Å²) in [5, 5.41) is 3.82. The molecule has 0 saturated carbocycles. The first-order valence-electron chi connectivity index (χ1n) is 11.1. The van der Waals surface area contributed by atoms with Crippen LogP contribution in [0.15, 0.2) is 59.7 Å². The van der Waals surface area contributed by atoms with Crippen molar-refractivity contribution < 1.29 is 17.9 Å². The molecule has 0 aliphatic carbocycles. The van der Waals surface area contributed by atoms with Crippen LogP contribution in [0, 0.1) is 0 Å². The number of anilines is 2. The Bertz CT molecular complexity index is 1400. The Kier molecular flexibility index (Phi) is 6.98. The van der Waals surface area contributed by atoms with E-state index >= 15 is 0 Å². The fourth-order valence-corrected chi connectivity index (χ4v) is 3.83. The Morgan fingerprint density at radius 3 is 2.42 bits per heavy atom. The highest BCUT2D eigenvalue weighted by Gasteiger charge is 2.34. The Hall–Kier alpha value is -3.92. The molecule has 0 fully saturated rings. The Labute approximate surface area is 206 Å². The van der Waals surface area contributed by atoms with Crippen molar-refractivity contribution in [2.45, 2.75) is 32.0 Å². The largest absolute Gasteiger partial charge is 0.418 e. The number of hydrogen-bond donors (Lipinski definition) is 1. The Morgan fingerprint density at radius 1 is 1.00 bits per heavy atom. The molecule has 186 valence electrons. The summed E-state index contributed by atoms with van der Waals surface area (Å²) in [7, 11) is 3.25. The van der Waals surface area contributed by atoms with Gasteiger partial charge in [0, 0.05) is 37.7 Å². The first-order valence-corrected chi connectivity index (χ1v) is 11.1. The van der Waals surface area contributed by atoms with E-state index in [-0.39, 0.29) is 29.1 Å². The van der Waals surface area contributed by atoms with E-state index < -0.39 is 11.7 Å². The number of benzene rings is 1. The number of ether oxygens (including phenoxy) is 1. The van der Waals surface area contributed by atoms with Gasteiger partial charge in [0.05, 0.1) is 16.6 Å². The van der Waals surface area contributed by atoms with Gasteiger partial charge in [-0.25, -0.2) is 15.0 Å². The standard InChI is InChI=1S/C26H25F3N6O/c1-25(2,15-30-3)16-7-9-17(10-8-16)32-23-18-11-12-20(33-24(18)35-21(34-23)14-36-4)22-19(26(27,28)29)6-5-13-31-22/h5-13,15H,14H2,1-4H3,(H,32,33,34,35). The number of alkyl halides is 3. The van der Waals surface area contributed by atoms with Gasteiger partial charge in [-0.3, -0.25) is 9.98 Å². The van der Waals surface area contributed by atoms with Crippen molar-refractivity contribution in [1.29, 1.82) is 0 Å². The molecule has 10 heteroatoms. The number of pyridine rings is 2. The van der Waals surface area contributed by atoms with Gasteiger partial charge in [0.2, 0.25) is 0 Å². The molecule has 0 unspecified atom stereocenters. The van der Waals surface area contributed by atoms with Crippen LogP contribution in [0.4, 0.5) is 24.7 Å². The van der Waals surface area contributed by atoms with Crippen LogP contribution in [-0.2, 0) is 22.9 Å². The molecule has 36 heavy (non-hydrogen) atoms. The maximum Gasteiger partial charge on any atom is 0.418 e. The molecule has 1 N–H and O–H groups in total. The highest BCUT2D eigenvalue weighted by Crippen LogP contribution is 2.36. The zero-order valence-electron chi connectivity index (χ0n) is 20.3. The van der Waals surface area contributed by atoms with Gasteiger partial charge in [0.15, 0.2) is 11.5 Å². The topological polar surface area (TPSA) is 85.2 Å². The summed E-state index contributed by atoms with van der Waals surface area (Å²) in [6, 6.07) is 13.2. The molecule has 0 bridgehead atoms. The molecule has 3 heterocycles.